The third-order valence-electron chi connectivity index (χ3n) is 2.63. The molecule has 0 fully saturated rings. The van der Waals surface area contributed by atoms with Crippen molar-refractivity contribution in [2.45, 2.75) is 26.2 Å². The average molecular weight is 205 g/mol. The Labute approximate surface area is 89.1 Å². The molecule has 0 saturated carbocycles. The van der Waals surface area contributed by atoms with Crippen LogP contribution in [0.5, 0.6) is 0 Å². The molecule has 0 saturated heterocycles. The zero-order valence-corrected chi connectivity index (χ0v) is 8.88. The minimum Gasteiger partial charge on any atom is -0.463 e. The summed E-state index contributed by atoms with van der Waals surface area (Å²) in [5.41, 5.74) is 3.50. The van der Waals surface area contributed by atoms with Gasteiger partial charge in [-0.3, -0.25) is 0 Å². The molecule has 1 aromatic heterocycles. The molecule has 0 radical (unpaired) electrons. The lowest BCUT2D eigenvalue weighted by Gasteiger charge is -2.14. The highest BCUT2D eigenvalue weighted by atomic mass is 16.5. The van der Waals surface area contributed by atoms with E-state index in [1.165, 1.54) is 11.3 Å². The van der Waals surface area contributed by atoms with Crippen LogP contribution in [0.25, 0.3) is 5.57 Å². The van der Waals surface area contributed by atoms with Gasteiger partial charge in [0, 0.05) is 18.0 Å². The molecule has 80 valence electrons. The molecule has 0 bridgehead atoms. The highest BCUT2D eigenvalue weighted by Crippen LogP contribution is 2.29. The fourth-order valence-electron chi connectivity index (χ4n) is 1.98. The van der Waals surface area contributed by atoms with Gasteiger partial charge < -0.3 is 9.72 Å². The number of ether oxygens (including phenoxy) is 1. The molecule has 1 aliphatic carbocycles. The van der Waals surface area contributed by atoms with Crippen molar-refractivity contribution in [1.82, 2.24) is 4.98 Å². The number of carbonyl (C=O) groups is 1. The highest BCUT2D eigenvalue weighted by Gasteiger charge is 2.15. The minimum atomic E-state index is -0.235. The van der Waals surface area contributed by atoms with Crippen molar-refractivity contribution in [2.24, 2.45) is 0 Å². The topological polar surface area (TPSA) is 42.1 Å². The number of aromatic nitrogens is 1. The molecular weight excluding hydrogens is 190 g/mol. The van der Waals surface area contributed by atoms with Crippen LogP contribution in [0.2, 0.25) is 0 Å². The summed E-state index contributed by atoms with van der Waals surface area (Å²) in [5.74, 6) is -0.235. The van der Waals surface area contributed by atoms with Crippen LogP contribution in [-0.2, 0) is 16.0 Å². The zero-order valence-electron chi connectivity index (χ0n) is 8.88. The molecular formula is C12H15NO2. The molecule has 0 aromatic carbocycles. The van der Waals surface area contributed by atoms with E-state index >= 15 is 0 Å². The maximum atomic E-state index is 11.3. The van der Waals surface area contributed by atoms with Crippen LogP contribution in [0, 0.1) is 0 Å². The number of H-pyrrole nitrogens is 1. The fourth-order valence-corrected chi connectivity index (χ4v) is 1.98. The minimum absolute atomic E-state index is 0.235. The molecule has 0 aliphatic heterocycles. The molecule has 0 unspecified atom stereocenters. The van der Waals surface area contributed by atoms with Gasteiger partial charge in [-0.1, -0.05) is 0 Å². The summed E-state index contributed by atoms with van der Waals surface area (Å²) in [6.07, 6.45) is 6.68. The fraction of sp³-hybridized carbons (Fsp3) is 0.417. The molecule has 3 heteroatoms. The van der Waals surface area contributed by atoms with Crippen molar-refractivity contribution in [3.8, 4) is 0 Å². The Morgan fingerprint density at radius 1 is 1.60 bits per heavy atom. The highest BCUT2D eigenvalue weighted by molar-refractivity contribution is 5.92. The molecule has 2 rings (SSSR count). The largest absolute Gasteiger partial charge is 0.463 e. The van der Waals surface area contributed by atoms with Crippen molar-refractivity contribution >= 4 is 11.5 Å². The van der Waals surface area contributed by atoms with Crippen LogP contribution in [-0.4, -0.2) is 17.6 Å². The number of esters is 1. The Kier molecular flexibility index (Phi) is 2.90. The zero-order chi connectivity index (χ0) is 10.7. The van der Waals surface area contributed by atoms with Gasteiger partial charge in [-0.05, 0) is 43.4 Å². The second-order valence-corrected chi connectivity index (χ2v) is 3.65. The predicted octanol–water partition coefficient (Wildman–Crippen LogP) is 2.30. The Bertz CT molecular complexity index is 390. The molecule has 1 heterocycles. The van der Waals surface area contributed by atoms with Crippen LogP contribution in [0.3, 0.4) is 0 Å². The van der Waals surface area contributed by atoms with Crippen LogP contribution < -0.4 is 0 Å². The Hall–Kier alpha value is -1.51. The third kappa shape index (κ3) is 2.12. The molecule has 1 aliphatic rings. The predicted molar refractivity (Wildman–Crippen MR) is 58.3 cm³/mol. The van der Waals surface area contributed by atoms with Crippen LogP contribution in [0.4, 0.5) is 0 Å². The van der Waals surface area contributed by atoms with E-state index in [4.69, 9.17) is 4.74 Å². The number of nitrogens with one attached hydrogen (secondary N) is 1. The second-order valence-electron chi connectivity index (χ2n) is 3.65. The quantitative estimate of drug-likeness (QED) is 0.594. The first kappa shape index (κ1) is 10.0. The van der Waals surface area contributed by atoms with Gasteiger partial charge in [0.25, 0.3) is 0 Å². The molecule has 0 amide bonds. The number of carbonyl (C=O) groups excluding carboxylic acids is 1. The molecule has 3 nitrogen and oxygen atoms in total. The van der Waals surface area contributed by atoms with E-state index in [1.807, 2.05) is 19.2 Å². The lowest BCUT2D eigenvalue weighted by molar-refractivity contribution is -0.137. The Morgan fingerprint density at radius 3 is 3.27 bits per heavy atom. The first-order chi connectivity index (χ1) is 7.31. The van der Waals surface area contributed by atoms with E-state index in [0.29, 0.717) is 6.61 Å². The first-order valence-electron chi connectivity index (χ1n) is 5.35. The van der Waals surface area contributed by atoms with E-state index in [-0.39, 0.29) is 5.97 Å². The molecule has 0 atom stereocenters. The average Bonchev–Trinajstić information content (AvgIpc) is 2.67. The van der Waals surface area contributed by atoms with E-state index in [9.17, 15) is 4.79 Å². The van der Waals surface area contributed by atoms with Gasteiger partial charge in [0.05, 0.1) is 6.61 Å². The summed E-state index contributed by atoms with van der Waals surface area (Å²) in [6.45, 7) is 2.25. The summed E-state index contributed by atoms with van der Waals surface area (Å²) in [6, 6.07) is 2.03. The summed E-state index contributed by atoms with van der Waals surface area (Å²) >= 11 is 0. The van der Waals surface area contributed by atoms with E-state index in [1.54, 1.807) is 6.08 Å². The van der Waals surface area contributed by atoms with Gasteiger partial charge in [-0.2, -0.15) is 0 Å². The molecule has 1 N–H and O–H groups in total. The summed E-state index contributed by atoms with van der Waals surface area (Å²) in [4.78, 5) is 14.5. The van der Waals surface area contributed by atoms with Gasteiger partial charge in [0.1, 0.15) is 0 Å². The summed E-state index contributed by atoms with van der Waals surface area (Å²) in [7, 11) is 0. The van der Waals surface area contributed by atoms with Crippen molar-refractivity contribution < 1.29 is 9.53 Å². The lowest BCUT2D eigenvalue weighted by Crippen LogP contribution is -2.05. The molecule has 1 aromatic rings. The smallest absolute Gasteiger partial charge is 0.331 e. The number of hydrogen-bond acceptors (Lipinski definition) is 2. The number of aryl methyl sites for hydroxylation is 1. The molecule has 15 heavy (non-hydrogen) atoms. The first-order valence-corrected chi connectivity index (χ1v) is 5.35. The maximum Gasteiger partial charge on any atom is 0.331 e. The van der Waals surface area contributed by atoms with Crippen molar-refractivity contribution in [3.63, 3.8) is 0 Å². The van der Waals surface area contributed by atoms with Crippen molar-refractivity contribution in [1.29, 1.82) is 0 Å². The van der Waals surface area contributed by atoms with Gasteiger partial charge in [-0.15, -0.1) is 0 Å². The molecule has 0 spiro atoms. The number of rotatable bonds is 2. The number of fused-ring (bicyclic) bond motifs is 1. The summed E-state index contributed by atoms with van der Waals surface area (Å²) < 4.78 is 4.91. The van der Waals surface area contributed by atoms with Gasteiger partial charge >= 0.3 is 5.97 Å². The van der Waals surface area contributed by atoms with Crippen molar-refractivity contribution in [3.05, 3.63) is 29.6 Å². The Balaban J connectivity index is 2.22. The van der Waals surface area contributed by atoms with Crippen LogP contribution in [0.1, 0.15) is 31.0 Å². The van der Waals surface area contributed by atoms with Crippen molar-refractivity contribution in [2.75, 3.05) is 6.61 Å². The lowest BCUT2D eigenvalue weighted by atomic mass is 9.92. The summed E-state index contributed by atoms with van der Waals surface area (Å²) in [5, 5.41) is 0. The van der Waals surface area contributed by atoms with E-state index in [0.717, 1.165) is 24.8 Å². The monoisotopic (exact) mass is 205 g/mol. The van der Waals surface area contributed by atoms with Gasteiger partial charge in [0.2, 0.25) is 0 Å². The van der Waals surface area contributed by atoms with Crippen LogP contribution in [0.15, 0.2) is 18.3 Å². The Morgan fingerprint density at radius 2 is 2.47 bits per heavy atom. The number of hydrogen-bond donors (Lipinski definition) is 1. The second kappa shape index (κ2) is 4.34. The standard InChI is InChI=1S/C12H15NO2/c1-2-15-12(14)8-9-4-3-5-11-10(9)6-7-13-11/h6-8,13H,2-5H2,1H3/b9-8+. The number of aromatic amines is 1. The normalized spacial score (nSPS) is 17.5. The van der Waals surface area contributed by atoms with Gasteiger partial charge in [-0.25, -0.2) is 4.79 Å². The maximum absolute atomic E-state index is 11.3. The van der Waals surface area contributed by atoms with Gasteiger partial charge in [0.15, 0.2) is 0 Å². The van der Waals surface area contributed by atoms with E-state index in [2.05, 4.69) is 4.98 Å². The van der Waals surface area contributed by atoms with Crippen LogP contribution >= 0.6 is 0 Å². The number of allylic oxidation sites excluding steroid dienone is 1. The third-order valence-corrected chi connectivity index (χ3v) is 2.63. The van der Waals surface area contributed by atoms with E-state index < -0.39 is 0 Å². The SMILES string of the molecule is CCOC(=O)/C=C1\CCCc2[nH]ccc21.